The number of halogens is 3. The SMILES string of the molecule is CCc1ccc(CC(=O)C2=CC=CC2C)cc1OC.COCOC.Cc1cccc(C(F)(F)F)c1.[HH].[HH]. The molecule has 2 aromatic rings. The molecule has 0 saturated heterocycles. The predicted octanol–water partition coefficient (Wildman–Crippen LogP) is 7.24. The Morgan fingerprint density at radius 2 is 1.74 bits per heavy atom. The molecule has 1 atom stereocenters. The van der Waals surface area contributed by atoms with Gasteiger partial charge in [-0.3, -0.25) is 4.79 Å². The van der Waals surface area contributed by atoms with Crippen LogP contribution in [0.4, 0.5) is 13.2 Å². The number of Topliss-reactive ketones (excluding diaryl/α,β-unsaturated/α-hetero) is 1. The highest BCUT2D eigenvalue weighted by Crippen LogP contribution is 2.29. The first kappa shape index (κ1) is 30.1. The Kier molecular flexibility index (Phi) is 13.1. The number of alkyl halides is 3. The van der Waals surface area contributed by atoms with E-state index in [1.54, 1.807) is 34.3 Å². The monoisotopic (exact) mass is 496 g/mol. The third-order valence-electron chi connectivity index (χ3n) is 5.17. The zero-order chi connectivity index (χ0) is 26.4. The van der Waals surface area contributed by atoms with Crippen LogP contribution in [-0.2, 0) is 33.3 Å². The molecule has 1 aliphatic carbocycles. The number of carbonyl (C=O) groups is 1. The predicted molar refractivity (Wildman–Crippen MR) is 137 cm³/mol. The van der Waals surface area contributed by atoms with Gasteiger partial charge in [0.2, 0.25) is 0 Å². The van der Waals surface area contributed by atoms with Gasteiger partial charge >= 0.3 is 6.18 Å². The second-order valence-electron chi connectivity index (χ2n) is 7.96. The van der Waals surface area contributed by atoms with Crippen LogP contribution in [0.1, 0.15) is 39.0 Å². The van der Waals surface area contributed by atoms with Gasteiger partial charge in [-0.15, -0.1) is 0 Å². The third-order valence-corrected chi connectivity index (χ3v) is 5.17. The molecular weight excluding hydrogens is 457 g/mol. The summed E-state index contributed by atoms with van der Waals surface area (Å²) in [7, 11) is 4.85. The van der Waals surface area contributed by atoms with Gasteiger partial charge in [-0.25, -0.2) is 0 Å². The van der Waals surface area contributed by atoms with Gasteiger partial charge in [-0.05, 0) is 36.6 Å². The number of ether oxygens (including phenoxy) is 3. The Bertz CT molecular complexity index is 1000. The van der Waals surface area contributed by atoms with Crippen molar-refractivity contribution in [2.45, 2.75) is 39.8 Å². The maximum Gasteiger partial charge on any atom is 0.416 e. The summed E-state index contributed by atoms with van der Waals surface area (Å²) < 4.78 is 50.2. The standard InChI is InChI=1S/C17H20O2.C8H7F3.C3H8O2.2H2/c1-4-14-9-8-13(11-17(14)19-3)10-16(18)15-7-5-6-12(15)2;1-6-3-2-4-7(5-6)8(9,10)11;1-4-3-5-2;;/h5-9,11-12H,4,10H2,1-3H3;2-5H,1H3;3H2,1-2H3;2*1H. The molecule has 2 aromatic carbocycles. The molecule has 0 saturated carbocycles. The quantitative estimate of drug-likeness (QED) is 0.379. The molecule has 0 aromatic heterocycles. The number of aryl methyl sites for hydroxylation is 2. The third kappa shape index (κ3) is 10.5. The Morgan fingerprint density at radius 3 is 2.17 bits per heavy atom. The summed E-state index contributed by atoms with van der Waals surface area (Å²) in [4.78, 5) is 12.2. The molecule has 0 aliphatic heterocycles. The van der Waals surface area contributed by atoms with Crippen molar-refractivity contribution in [2.24, 2.45) is 5.92 Å². The molecular formula is C28H39F3O4. The smallest absolute Gasteiger partial charge is 0.416 e. The molecule has 7 heteroatoms. The van der Waals surface area contributed by atoms with Gasteiger partial charge in [0.15, 0.2) is 5.78 Å². The fourth-order valence-electron chi connectivity index (χ4n) is 3.35. The van der Waals surface area contributed by atoms with E-state index in [1.165, 1.54) is 11.6 Å². The summed E-state index contributed by atoms with van der Waals surface area (Å²) in [6.07, 6.45) is 3.09. The second-order valence-corrected chi connectivity index (χ2v) is 7.96. The number of rotatable bonds is 7. The van der Waals surface area contributed by atoms with Crippen molar-refractivity contribution in [3.8, 4) is 5.75 Å². The largest absolute Gasteiger partial charge is 0.496 e. The summed E-state index contributed by atoms with van der Waals surface area (Å²) in [5.41, 5.74) is 3.13. The maximum absolute atomic E-state index is 12.2. The van der Waals surface area contributed by atoms with E-state index in [4.69, 9.17) is 4.74 Å². The lowest BCUT2D eigenvalue weighted by molar-refractivity contribution is -0.137. The first-order valence-electron chi connectivity index (χ1n) is 11.3. The van der Waals surface area contributed by atoms with Crippen LogP contribution >= 0.6 is 0 Å². The molecule has 0 heterocycles. The fraction of sp³-hybridized carbons (Fsp3) is 0.393. The number of hydrogen-bond acceptors (Lipinski definition) is 4. The highest BCUT2D eigenvalue weighted by atomic mass is 19.4. The Morgan fingerprint density at radius 1 is 1.06 bits per heavy atom. The molecule has 35 heavy (non-hydrogen) atoms. The molecule has 0 amide bonds. The van der Waals surface area contributed by atoms with Gasteiger partial charge in [0.1, 0.15) is 12.5 Å². The van der Waals surface area contributed by atoms with E-state index < -0.39 is 11.7 Å². The van der Waals surface area contributed by atoms with E-state index in [1.807, 2.05) is 43.4 Å². The van der Waals surface area contributed by atoms with Crippen molar-refractivity contribution >= 4 is 5.78 Å². The molecule has 0 bridgehead atoms. The zero-order valence-electron chi connectivity index (χ0n) is 21.2. The van der Waals surface area contributed by atoms with Crippen LogP contribution in [0.2, 0.25) is 0 Å². The molecule has 0 fully saturated rings. The van der Waals surface area contributed by atoms with Crippen molar-refractivity contribution in [2.75, 3.05) is 28.1 Å². The number of allylic oxidation sites excluding steroid dienone is 4. The van der Waals surface area contributed by atoms with Gasteiger partial charge in [-0.2, -0.15) is 13.2 Å². The van der Waals surface area contributed by atoms with E-state index in [9.17, 15) is 18.0 Å². The molecule has 196 valence electrons. The van der Waals surface area contributed by atoms with Gasteiger partial charge in [-0.1, -0.05) is 68.0 Å². The Balaban J connectivity index is 0. The summed E-state index contributed by atoms with van der Waals surface area (Å²) in [6, 6.07) is 11.3. The van der Waals surface area contributed by atoms with Gasteiger partial charge in [0.25, 0.3) is 0 Å². The molecule has 3 rings (SSSR count). The van der Waals surface area contributed by atoms with Gasteiger partial charge in [0, 0.05) is 35.0 Å². The highest BCUT2D eigenvalue weighted by Gasteiger charge is 2.29. The van der Waals surface area contributed by atoms with Gasteiger partial charge < -0.3 is 14.2 Å². The van der Waals surface area contributed by atoms with E-state index in [-0.39, 0.29) is 14.6 Å². The van der Waals surface area contributed by atoms with Crippen LogP contribution in [0.5, 0.6) is 5.75 Å². The summed E-state index contributed by atoms with van der Waals surface area (Å²) >= 11 is 0. The molecule has 0 N–H and O–H groups in total. The number of ketones is 1. The summed E-state index contributed by atoms with van der Waals surface area (Å²) in [6.45, 7) is 6.17. The van der Waals surface area contributed by atoms with Crippen LogP contribution < -0.4 is 4.74 Å². The first-order valence-corrected chi connectivity index (χ1v) is 11.3. The normalized spacial score (nSPS) is 14.3. The van der Waals surface area contributed by atoms with Crippen LogP contribution in [-0.4, -0.2) is 33.9 Å². The summed E-state index contributed by atoms with van der Waals surface area (Å²) in [5.74, 6) is 1.31. The van der Waals surface area contributed by atoms with Crippen molar-refractivity contribution in [3.63, 3.8) is 0 Å². The fourth-order valence-corrected chi connectivity index (χ4v) is 3.35. The lowest BCUT2D eigenvalue weighted by Gasteiger charge is -2.10. The van der Waals surface area contributed by atoms with E-state index in [0.717, 1.165) is 35.4 Å². The minimum Gasteiger partial charge on any atom is -0.496 e. The van der Waals surface area contributed by atoms with Crippen LogP contribution in [0.3, 0.4) is 0 Å². The van der Waals surface area contributed by atoms with E-state index in [0.29, 0.717) is 18.8 Å². The van der Waals surface area contributed by atoms with Crippen LogP contribution in [0.25, 0.3) is 0 Å². The number of carbonyl (C=O) groups excluding carboxylic acids is 1. The number of hydrogen-bond donors (Lipinski definition) is 0. The topological polar surface area (TPSA) is 44.8 Å². The lowest BCUT2D eigenvalue weighted by Crippen LogP contribution is -2.10. The van der Waals surface area contributed by atoms with Crippen molar-refractivity contribution in [1.82, 2.24) is 0 Å². The van der Waals surface area contributed by atoms with Crippen molar-refractivity contribution in [1.29, 1.82) is 0 Å². The van der Waals surface area contributed by atoms with E-state index >= 15 is 0 Å². The molecule has 0 radical (unpaired) electrons. The minimum atomic E-state index is -4.22. The van der Waals surface area contributed by atoms with Crippen molar-refractivity contribution in [3.05, 3.63) is 88.5 Å². The lowest BCUT2D eigenvalue weighted by atomic mass is 9.95. The number of benzene rings is 2. The Labute approximate surface area is 209 Å². The average molecular weight is 497 g/mol. The molecule has 1 unspecified atom stereocenters. The average Bonchev–Trinajstić information content (AvgIpc) is 3.26. The van der Waals surface area contributed by atoms with Crippen LogP contribution in [0.15, 0.2) is 66.3 Å². The molecule has 1 aliphatic rings. The minimum absolute atomic E-state index is 0. The number of methoxy groups -OCH3 is 3. The molecule has 4 nitrogen and oxygen atoms in total. The van der Waals surface area contributed by atoms with Crippen LogP contribution in [0, 0.1) is 12.8 Å². The van der Waals surface area contributed by atoms with Gasteiger partial charge in [0.05, 0.1) is 12.7 Å². The zero-order valence-corrected chi connectivity index (χ0v) is 21.2. The maximum atomic E-state index is 12.2. The Hall–Kier alpha value is -2.90. The second kappa shape index (κ2) is 15.2. The van der Waals surface area contributed by atoms with Crippen molar-refractivity contribution < 1.29 is 35.0 Å². The van der Waals surface area contributed by atoms with E-state index in [2.05, 4.69) is 16.4 Å². The first-order chi connectivity index (χ1) is 16.6. The summed E-state index contributed by atoms with van der Waals surface area (Å²) in [5, 5.41) is 0. The molecule has 0 spiro atoms. The highest BCUT2D eigenvalue weighted by molar-refractivity contribution is 5.98.